The summed E-state index contributed by atoms with van der Waals surface area (Å²) in [5, 5.41) is 20.4. The van der Waals surface area contributed by atoms with E-state index in [0.717, 1.165) is 30.2 Å². The molecule has 1 saturated carbocycles. The van der Waals surface area contributed by atoms with Crippen molar-refractivity contribution in [2.24, 2.45) is 0 Å². The summed E-state index contributed by atoms with van der Waals surface area (Å²) in [6.45, 7) is 2.03. The second kappa shape index (κ2) is 9.54. The predicted molar refractivity (Wildman–Crippen MR) is 123 cm³/mol. The molecule has 3 aromatic heterocycles. The van der Waals surface area contributed by atoms with E-state index in [0.29, 0.717) is 23.4 Å². The molecule has 0 aliphatic heterocycles. The van der Waals surface area contributed by atoms with Crippen LogP contribution in [0.4, 0.5) is 4.39 Å². The molecule has 4 aromatic rings. The Morgan fingerprint density at radius 3 is 2.66 bits per heavy atom. The van der Waals surface area contributed by atoms with Gasteiger partial charge < -0.3 is 8.98 Å². The Labute approximate surface area is 194 Å². The van der Waals surface area contributed by atoms with Crippen LogP contribution >= 0.6 is 23.1 Å². The summed E-state index contributed by atoms with van der Waals surface area (Å²) in [4.78, 5) is 1.29. The minimum Gasteiger partial charge on any atom is -0.419 e. The average molecular weight is 470 g/mol. The molecule has 1 aromatic carbocycles. The molecule has 0 spiro atoms. The van der Waals surface area contributed by atoms with Crippen LogP contribution in [-0.2, 0) is 6.42 Å². The minimum absolute atomic E-state index is 0.0853. The smallest absolute Gasteiger partial charge is 0.247 e. The third-order valence-corrected chi connectivity index (χ3v) is 7.67. The normalized spacial score (nSPS) is 15.8. The van der Waals surface area contributed by atoms with Crippen LogP contribution in [0.3, 0.4) is 0 Å². The molecule has 32 heavy (non-hydrogen) atoms. The molecular formula is C23H24FN5OS2. The fourth-order valence-corrected chi connectivity index (χ4v) is 5.77. The van der Waals surface area contributed by atoms with Gasteiger partial charge in [-0.3, -0.25) is 0 Å². The molecule has 0 saturated heterocycles. The van der Waals surface area contributed by atoms with E-state index >= 15 is 0 Å². The number of rotatable bonds is 7. The van der Waals surface area contributed by atoms with Crippen molar-refractivity contribution in [3.8, 4) is 11.5 Å². The maximum atomic E-state index is 13.2. The monoisotopic (exact) mass is 469 g/mol. The number of thiophene rings is 1. The second-order valence-electron chi connectivity index (χ2n) is 8.03. The molecule has 166 valence electrons. The van der Waals surface area contributed by atoms with Gasteiger partial charge in [-0.1, -0.05) is 37.1 Å². The van der Waals surface area contributed by atoms with Gasteiger partial charge in [0.1, 0.15) is 11.6 Å². The summed E-state index contributed by atoms with van der Waals surface area (Å²) >= 11 is 3.35. The zero-order valence-electron chi connectivity index (χ0n) is 17.8. The van der Waals surface area contributed by atoms with Crippen molar-refractivity contribution < 1.29 is 8.81 Å². The number of benzene rings is 1. The molecule has 0 unspecified atom stereocenters. The van der Waals surface area contributed by atoms with Crippen molar-refractivity contribution in [1.29, 1.82) is 0 Å². The molecule has 1 aliphatic carbocycles. The van der Waals surface area contributed by atoms with Gasteiger partial charge in [-0.15, -0.1) is 31.7 Å². The van der Waals surface area contributed by atoms with E-state index in [1.807, 2.05) is 6.92 Å². The quantitative estimate of drug-likeness (QED) is 0.289. The van der Waals surface area contributed by atoms with Gasteiger partial charge in [0.25, 0.3) is 0 Å². The van der Waals surface area contributed by atoms with Crippen molar-refractivity contribution >= 4 is 23.1 Å². The second-order valence-corrected chi connectivity index (χ2v) is 10.4. The van der Waals surface area contributed by atoms with E-state index in [1.54, 1.807) is 35.2 Å². The molecule has 1 aliphatic rings. The Morgan fingerprint density at radius 2 is 1.91 bits per heavy atom. The SMILES string of the molecule is C[C@@H](Sc1nnc(Cc2cccs2)n1C1CCCCC1)c1nnc(-c2ccc(F)cc2)o1. The molecule has 0 N–H and O–H groups in total. The molecule has 5 rings (SSSR count). The first-order valence-electron chi connectivity index (χ1n) is 10.9. The van der Waals surface area contributed by atoms with Gasteiger partial charge in [0, 0.05) is 22.9 Å². The highest BCUT2D eigenvalue weighted by atomic mass is 32.2. The third kappa shape index (κ3) is 4.63. The maximum absolute atomic E-state index is 13.2. The van der Waals surface area contributed by atoms with E-state index in [1.165, 1.54) is 36.3 Å². The Morgan fingerprint density at radius 1 is 1.09 bits per heavy atom. The van der Waals surface area contributed by atoms with Crippen molar-refractivity contribution in [1.82, 2.24) is 25.0 Å². The lowest BCUT2D eigenvalue weighted by Gasteiger charge is -2.26. The third-order valence-electron chi connectivity index (χ3n) is 5.75. The van der Waals surface area contributed by atoms with Crippen molar-refractivity contribution in [3.05, 3.63) is 64.2 Å². The predicted octanol–water partition coefficient (Wildman–Crippen LogP) is 6.48. The van der Waals surface area contributed by atoms with E-state index < -0.39 is 0 Å². The standard InChI is InChI=1S/C23H24FN5OS2/c1-15(21-26-27-22(30-21)16-9-11-17(24)12-10-16)32-23-28-25-20(14-19-8-5-13-31-19)29(23)18-6-3-2-4-7-18/h5,8-13,15,18H,2-4,6-7,14H2,1H3/t15-/m1/s1. The molecule has 6 nitrogen and oxygen atoms in total. The number of thioether (sulfide) groups is 1. The Balaban J connectivity index is 1.38. The topological polar surface area (TPSA) is 69.6 Å². The van der Waals surface area contributed by atoms with Gasteiger partial charge in [0.05, 0.1) is 5.25 Å². The number of hydrogen-bond acceptors (Lipinski definition) is 7. The molecule has 0 amide bonds. The zero-order valence-corrected chi connectivity index (χ0v) is 19.4. The van der Waals surface area contributed by atoms with Crippen LogP contribution < -0.4 is 0 Å². The van der Waals surface area contributed by atoms with E-state index in [4.69, 9.17) is 4.42 Å². The summed E-state index contributed by atoms with van der Waals surface area (Å²) in [5.74, 6) is 1.64. The number of aromatic nitrogens is 5. The maximum Gasteiger partial charge on any atom is 0.247 e. The van der Waals surface area contributed by atoms with Crippen LogP contribution in [0.2, 0.25) is 0 Å². The summed E-state index contributed by atoms with van der Waals surface area (Å²) in [5.41, 5.74) is 0.700. The van der Waals surface area contributed by atoms with E-state index in [9.17, 15) is 4.39 Å². The van der Waals surface area contributed by atoms with E-state index in [-0.39, 0.29) is 11.1 Å². The first kappa shape index (κ1) is 21.3. The molecule has 0 bridgehead atoms. The van der Waals surface area contributed by atoms with Crippen LogP contribution in [0.15, 0.2) is 51.4 Å². The van der Waals surface area contributed by atoms with Crippen LogP contribution in [0, 0.1) is 5.82 Å². The largest absolute Gasteiger partial charge is 0.419 e. The summed E-state index contributed by atoms with van der Waals surface area (Å²) in [6, 6.07) is 10.7. The van der Waals surface area contributed by atoms with Crippen LogP contribution in [0.25, 0.3) is 11.5 Å². The van der Waals surface area contributed by atoms with Gasteiger partial charge in [-0.05, 0) is 55.5 Å². The van der Waals surface area contributed by atoms with E-state index in [2.05, 4.69) is 42.5 Å². The fourth-order valence-electron chi connectivity index (χ4n) is 4.10. The first-order chi connectivity index (χ1) is 15.7. The number of halogens is 1. The lowest BCUT2D eigenvalue weighted by Crippen LogP contribution is -2.17. The van der Waals surface area contributed by atoms with Gasteiger partial charge in [-0.2, -0.15) is 0 Å². The van der Waals surface area contributed by atoms with Crippen LogP contribution in [-0.4, -0.2) is 25.0 Å². The van der Waals surface area contributed by atoms with Crippen molar-refractivity contribution in [3.63, 3.8) is 0 Å². The lowest BCUT2D eigenvalue weighted by molar-refractivity contribution is 0.330. The Kier molecular flexibility index (Phi) is 6.36. The zero-order chi connectivity index (χ0) is 21.9. The molecule has 3 heterocycles. The lowest BCUT2D eigenvalue weighted by atomic mass is 9.95. The summed E-state index contributed by atoms with van der Waals surface area (Å²) < 4.78 is 21.5. The van der Waals surface area contributed by atoms with Crippen LogP contribution in [0.1, 0.15) is 66.9 Å². The van der Waals surface area contributed by atoms with Gasteiger partial charge >= 0.3 is 0 Å². The highest BCUT2D eigenvalue weighted by molar-refractivity contribution is 7.99. The van der Waals surface area contributed by atoms with Gasteiger partial charge in [0.2, 0.25) is 11.8 Å². The van der Waals surface area contributed by atoms with Crippen molar-refractivity contribution in [2.75, 3.05) is 0 Å². The van der Waals surface area contributed by atoms with Gasteiger partial charge in [0.15, 0.2) is 5.16 Å². The molecular weight excluding hydrogens is 445 g/mol. The number of nitrogens with zero attached hydrogens (tertiary/aromatic N) is 5. The Bertz CT molecular complexity index is 1150. The first-order valence-corrected chi connectivity index (χ1v) is 12.7. The average Bonchev–Trinajstić information content (AvgIpc) is 3.57. The number of hydrogen-bond donors (Lipinski definition) is 0. The Hall–Kier alpha value is -2.52. The molecule has 0 radical (unpaired) electrons. The van der Waals surface area contributed by atoms with Gasteiger partial charge in [-0.25, -0.2) is 4.39 Å². The minimum atomic E-state index is -0.294. The molecule has 9 heteroatoms. The fraction of sp³-hybridized carbons (Fsp3) is 0.391. The highest BCUT2D eigenvalue weighted by Crippen LogP contribution is 2.39. The van der Waals surface area contributed by atoms with Crippen molar-refractivity contribution in [2.45, 2.75) is 61.9 Å². The summed E-state index contributed by atoms with van der Waals surface area (Å²) in [7, 11) is 0. The summed E-state index contributed by atoms with van der Waals surface area (Å²) in [6.07, 6.45) is 6.90. The van der Waals surface area contributed by atoms with Crippen LogP contribution in [0.5, 0.6) is 0 Å². The molecule has 1 atom stereocenters. The highest BCUT2D eigenvalue weighted by Gasteiger charge is 2.26. The molecule has 1 fully saturated rings.